The highest BCUT2D eigenvalue weighted by Gasteiger charge is 2.03. The Balaban J connectivity index is 1.62. The predicted octanol–water partition coefficient (Wildman–Crippen LogP) is 2.62. The number of hydrogen-bond acceptors (Lipinski definition) is 4. The Bertz CT molecular complexity index is 676. The number of carbonyl (C=O) groups is 1. The highest BCUT2D eigenvalue weighted by Crippen LogP contribution is 2.18. The van der Waals surface area contributed by atoms with Crippen molar-refractivity contribution in [3.8, 4) is 17.2 Å². The van der Waals surface area contributed by atoms with Crippen LogP contribution in [0.15, 0.2) is 48.5 Å². The number of carbonyl (C=O) groups excluding carboxylic acids is 1. The fourth-order valence-corrected chi connectivity index (χ4v) is 2.31. The van der Waals surface area contributed by atoms with Gasteiger partial charge in [0.2, 0.25) is 0 Å². The summed E-state index contributed by atoms with van der Waals surface area (Å²) in [6, 6.07) is 14.9. The summed E-state index contributed by atoms with van der Waals surface area (Å²) in [4.78, 5) is 11.8. The molecule has 0 spiro atoms. The Kier molecular flexibility index (Phi) is 7.43. The third-order valence-corrected chi connectivity index (χ3v) is 3.57. The number of hydrogen-bond donors (Lipinski definition) is 2. The lowest BCUT2D eigenvalue weighted by Gasteiger charge is -2.11. The Morgan fingerprint density at radius 1 is 0.920 bits per heavy atom. The van der Waals surface area contributed by atoms with Crippen LogP contribution < -0.4 is 24.8 Å². The highest BCUT2D eigenvalue weighted by atomic mass is 16.5. The summed E-state index contributed by atoms with van der Waals surface area (Å²) in [5.74, 6) is 2.27. The van der Waals surface area contributed by atoms with E-state index in [9.17, 15) is 4.79 Å². The van der Waals surface area contributed by atoms with Crippen molar-refractivity contribution in [2.75, 3.05) is 33.9 Å². The topological polar surface area (TPSA) is 68.8 Å². The molecule has 0 fully saturated rings. The van der Waals surface area contributed by atoms with Gasteiger partial charge in [0, 0.05) is 12.6 Å². The van der Waals surface area contributed by atoms with E-state index < -0.39 is 0 Å². The molecule has 6 nitrogen and oxygen atoms in total. The van der Waals surface area contributed by atoms with Crippen LogP contribution in [0.5, 0.6) is 17.2 Å². The number of nitrogens with one attached hydrogen (secondary N) is 2. The number of methoxy groups -OCH3 is 2. The molecule has 0 atom stereocenters. The first-order valence-electron chi connectivity index (χ1n) is 8.13. The summed E-state index contributed by atoms with van der Waals surface area (Å²) >= 11 is 0. The predicted molar refractivity (Wildman–Crippen MR) is 96.6 cm³/mol. The van der Waals surface area contributed by atoms with Crippen LogP contribution >= 0.6 is 0 Å². The number of urea groups is 1. The third kappa shape index (κ3) is 6.25. The molecular formula is C19H24N2O4. The van der Waals surface area contributed by atoms with E-state index in [1.165, 1.54) is 0 Å². The van der Waals surface area contributed by atoms with Crippen molar-refractivity contribution < 1.29 is 19.0 Å². The van der Waals surface area contributed by atoms with E-state index in [-0.39, 0.29) is 6.03 Å². The first-order valence-corrected chi connectivity index (χ1v) is 8.13. The summed E-state index contributed by atoms with van der Waals surface area (Å²) in [7, 11) is 3.25. The summed E-state index contributed by atoms with van der Waals surface area (Å²) < 4.78 is 16.0. The summed E-state index contributed by atoms with van der Waals surface area (Å²) in [5.41, 5.74) is 1.06. The smallest absolute Gasteiger partial charge is 0.314 e. The minimum Gasteiger partial charge on any atom is -0.497 e. The highest BCUT2D eigenvalue weighted by molar-refractivity contribution is 5.73. The molecule has 0 saturated heterocycles. The SMILES string of the molecule is COc1cccc(OCCNC(=O)NCCc2ccccc2OC)c1. The van der Waals surface area contributed by atoms with Crippen molar-refractivity contribution in [2.45, 2.75) is 6.42 Å². The fraction of sp³-hybridized carbons (Fsp3) is 0.316. The third-order valence-electron chi connectivity index (χ3n) is 3.57. The van der Waals surface area contributed by atoms with Crippen LogP contribution in [0.3, 0.4) is 0 Å². The zero-order valence-electron chi connectivity index (χ0n) is 14.6. The molecule has 0 aliphatic heterocycles. The number of benzene rings is 2. The van der Waals surface area contributed by atoms with E-state index in [0.29, 0.717) is 31.9 Å². The van der Waals surface area contributed by atoms with Gasteiger partial charge in [-0.2, -0.15) is 0 Å². The van der Waals surface area contributed by atoms with Crippen molar-refractivity contribution in [3.63, 3.8) is 0 Å². The minimum atomic E-state index is -0.218. The van der Waals surface area contributed by atoms with Gasteiger partial charge in [0.25, 0.3) is 0 Å². The Hall–Kier alpha value is -2.89. The van der Waals surface area contributed by atoms with Crippen molar-refractivity contribution in [3.05, 3.63) is 54.1 Å². The number of rotatable bonds is 9. The van der Waals surface area contributed by atoms with Gasteiger partial charge in [-0.1, -0.05) is 24.3 Å². The molecule has 25 heavy (non-hydrogen) atoms. The second-order valence-corrected chi connectivity index (χ2v) is 5.27. The van der Waals surface area contributed by atoms with Crippen LogP contribution in [0.25, 0.3) is 0 Å². The molecule has 2 amide bonds. The van der Waals surface area contributed by atoms with Crippen LogP contribution in [0, 0.1) is 0 Å². The van der Waals surface area contributed by atoms with Crippen LogP contribution in [-0.4, -0.2) is 39.9 Å². The van der Waals surface area contributed by atoms with Crippen LogP contribution in [0.2, 0.25) is 0 Å². The minimum absolute atomic E-state index is 0.218. The zero-order valence-corrected chi connectivity index (χ0v) is 14.6. The molecule has 0 aliphatic rings. The fourth-order valence-electron chi connectivity index (χ4n) is 2.31. The van der Waals surface area contributed by atoms with Crippen molar-refractivity contribution in [1.82, 2.24) is 10.6 Å². The average molecular weight is 344 g/mol. The lowest BCUT2D eigenvalue weighted by molar-refractivity contribution is 0.236. The lowest BCUT2D eigenvalue weighted by atomic mass is 10.1. The quantitative estimate of drug-likeness (QED) is 0.686. The van der Waals surface area contributed by atoms with Gasteiger partial charge in [0.15, 0.2) is 0 Å². The van der Waals surface area contributed by atoms with Gasteiger partial charge in [-0.25, -0.2) is 4.79 Å². The van der Waals surface area contributed by atoms with Crippen molar-refractivity contribution in [1.29, 1.82) is 0 Å². The maximum Gasteiger partial charge on any atom is 0.314 e. The molecule has 0 saturated carbocycles. The van der Waals surface area contributed by atoms with Crippen LogP contribution in [0.4, 0.5) is 4.79 Å². The average Bonchev–Trinajstić information content (AvgIpc) is 2.66. The number of para-hydroxylation sites is 1. The first kappa shape index (κ1) is 18.4. The van der Waals surface area contributed by atoms with Gasteiger partial charge >= 0.3 is 6.03 Å². The standard InChI is InChI=1S/C19H24N2O4/c1-23-16-7-5-8-17(14-16)25-13-12-21-19(22)20-11-10-15-6-3-4-9-18(15)24-2/h3-9,14H,10-13H2,1-2H3,(H2,20,21,22). The monoisotopic (exact) mass is 344 g/mol. The molecule has 2 N–H and O–H groups in total. The molecule has 2 aromatic rings. The zero-order chi connectivity index (χ0) is 17.9. The van der Waals surface area contributed by atoms with E-state index in [4.69, 9.17) is 14.2 Å². The normalized spacial score (nSPS) is 10.0. The van der Waals surface area contributed by atoms with Gasteiger partial charge < -0.3 is 24.8 Å². The second-order valence-electron chi connectivity index (χ2n) is 5.27. The van der Waals surface area contributed by atoms with Gasteiger partial charge in [0.1, 0.15) is 23.9 Å². The van der Waals surface area contributed by atoms with Gasteiger partial charge in [-0.3, -0.25) is 0 Å². The molecule has 0 heterocycles. The number of amides is 2. The summed E-state index contributed by atoms with van der Waals surface area (Å²) in [5, 5.41) is 5.58. The first-order chi connectivity index (χ1) is 12.2. The van der Waals surface area contributed by atoms with Gasteiger partial charge in [-0.05, 0) is 30.2 Å². The van der Waals surface area contributed by atoms with E-state index in [2.05, 4.69) is 10.6 Å². The molecule has 0 aliphatic carbocycles. The van der Waals surface area contributed by atoms with Crippen molar-refractivity contribution in [2.24, 2.45) is 0 Å². The molecule has 0 aromatic heterocycles. The van der Waals surface area contributed by atoms with E-state index in [0.717, 1.165) is 17.1 Å². The van der Waals surface area contributed by atoms with Crippen molar-refractivity contribution >= 4 is 6.03 Å². The van der Waals surface area contributed by atoms with E-state index in [1.807, 2.05) is 42.5 Å². The van der Waals surface area contributed by atoms with E-state index >= 15 is 0 Å². The Labute approximate surface area is 148 Å². The molecule has 0 bridgehead atoms. The summed E-state index contributed by atoms with van der Waals surface area (Å²) in [6.45, 7) is 1.33. The molecule has 0 unspecified atom stereocenters. The Morgan fingerprint density at radius 2 is 1.68 bits per heavy atom. The van der Waals surface area contributed by atoms with Gasteiger partial charge in [-0.15, -0.1) is 0 Å². The van der Waals surface area contributed by atoms with Gasteiger partial charge in [0.05, 0.1) is 20.8 Å². The van der Waals surface area contributed by atoms with E-state index in [1.54, 1.807) is 20.3 Å². The van der Waals surface area contributed by atoms with Crippen LogP contribution in [-0.2, 0) is 6.42 Å². The maximum absolute atomic E-state index is 11.8. The second kappa shape index (κ2) is 10.1. The number of ether oxygens (including phenoxy) is 3. The molecule has 2 rings (SSSR count). The largest absolute Gasteiger partial charge is 0.497 e. The molecular weight excluding hydrogens is 320 g/mol. The maximum atomic E-state index is 11.8. The molecule has 0 radical (unpaired) electrons. The Morgan fingerprint density at radius 3 is 2.48 bits per heavy atom. The molecule has 6 heteroatoms. The molecule has 134 valence electrons. The summed E-state index contributed by atoms with van der Waals surface area (Å²) in [6.07, 6.45) is 0.706. The lowest BCUT2D eigenvalue weighted by Crippen LogP contribution is -2.38. The molecule has 2 aromatic carbocycles. The van der Waals surface area contributed by atoms with Crippen LogP contribution in [0.1, 0.15) is 5.56 Å².